The third kappa shape index (κ3) is 5.14. The highest BCUT2D eigenvalue weighted by molar-refractivity contribution is 7.91. The van der Waals surface area contributed by atoms with Gasteiger partial charge in [-0.25, -0.2) is 13.4 Å². The summed E-state index contributed by atoms with van der Waals surface area (Å²) in [5.74, 6) is -0.332. The first-order valence-electron chi connectivity index (χ1n) is 7.35. The van der Waals surface area contributed by atoms with Crippen molar-refractivity contribution in [2.75, 3.05) is 12.3 Å². The van der Waals surface area contributed by atoms with E-state index in [0.717, 1.165) is 10.7 Å². The predicted octanol–water partition coefficient (Wildman–Crippen LogP) is 2.54. The number of nitrogens with one attached hydrogen (secondary N) is 1. The van der Waals surface area contributed by atoms with Crippen LogP contribution in [0.5, 0.6) is 0 Å². The summed E-state index contributed by atoms with van der Waals surface area (Å²) in [7, 11) is -3.41. The molecule has 2 aromatic rings. The Bertz CT molecular complexity index is 755. The van der Waals surface area contributed by atoms with E-state index in [2.05, 4.69) is 10.3 Å². The van der Waals surface area contributed by atoms with Crippen molar-refractivity contribution in [3.8, 4) is 0 Å². The van der Waals surface area contributed by atoms with Gasteiger partial charge in [-0.05, 0) is 19.1 Å². The average Bonchev–Trinajstić information content (AvgIpc) is 2.98. The first kappa shape index (κ1) is 17.6. The lowest BCUT2D eigenvalue weighted by Gasteiger charge is -2.10. The summed E-state index contributed by atoms with van der Waals surface area (Å²) in [6, 6.07) is 8.18. The number of amides is 1. The molecule has 0 saturated heterocycles. The number of thiazole rings is 1. The second-order valence-corrected chi connectivity index (χ2v) is 8.41. The van der Waals surface area contributed by atoms with E-state index in [4.69, 9.17) is 0 Å². The highest BCUT2D eigenvalue weighted by Gasteiger charge is 2.17. The first-order chi connectivity index (χ1) is 10.9. The van der Waals surface area contributed by atoms with Crippen molar-refractivity contribution in [1.29, 1.82) is 0 Å². The number of aryl methyl sites for hydroxylation is 1. The molecule has 0 radical (unpaired) electrons. The Balaban J connectivity index is 1.81. The van der Waals surface area contributed by atoms with Gasteiger partial charge in [0.2, 0.25) is 5.91 Å². The van der Waals surface area contributed by atoms with Crippen LogP contribution in [0.4, 0.5) is 0 Å². The van der Waals surface area contributed by atoms with Crippen molar-refractivity contribution in [3.63, 3.8) is 0 Å². The van der Waals surface area contributed by atoms with Crippen LogP contribution in [0.15, 0.2) is 40.6 Å². The van der Waals surface area contributed by atoms with Gasteiger partial charge in [0.1, 0.15) is 0 Å². The summed E-state index contributed by atoms with van der Waals surface area (Å²) in [6.07, 6.45) is -0.0408. The molecule has 0 aliphatic rings. The molecule has 1 amide bonds. The largest absolute Gasteiger partial charge is 0.355 e. The summed E-state index contributed by atoms with van der Waals surface area (Å²) in [4.78, 5) is 16.5. The molecule has 0 unspecified atom stereocenters. The monoisotopic (exact) mass is 352 g/mol. The van der Waals surface area contributed by atoms with Gasteiger partial charge in [0, 0.05) is 30.0 Å². The van der Waals surface area contributed by atoms with Crippen LogP contribution in [-0.2, 0) is 14.6 Å². The maximum absolute atomic E-state index is 12.1. The van der Waals surface area contributed by atoms with Crippen LogP contribution in [0, 0.1) is 6.92 Å². The minimum absolute atomic E-state index is 0.0408. The Labute approximate surface area is 140 Å². The molecule has 2 rings (SSSR count). The maximum atomic E-state index is 12.1. The van der Waals surface area contributed by atoms with E-state index in [1.165, 1.54) is 0 Å². The number of sulfone groups is 1. The first-order valence-corrected chi connectivity index (χ1v) is 9.88. The Morgan fingerprint density at radius 1 is 1.30 bits per heavy atom. The van der Waals surface area contributed by atoms with Gasteiger partial charge < -0.3 is 5.32 Å². The maximum Gasteiger partial charge on any atom is 0.221 e. The smallest absolute Gasteiger partial charge is 0.221 e. The molecule has 1 N–H and O–H groups in total. The van der Waals surface area contributed by atoms with Crippen molar-refractivity contribution in [2.24, 2.45) is 0 Å². The van der Waals surface area contributed by atoms with Crippen LogP contribution >= 0.6 is 11.3 Å². The van der Waals surface area contributed by atoms with Gasteiger partial charge in [0.15, 0.2) is 9.84 Å². The fraction of sp³-hybridized carbons (Fsp3) is 0.375. The highest BCUT2D eigenvalue weighted by Crippen LogP contribution is 2.19. The summed E-state index contributed by atoms with van der Waals surface area (Å²) in [6.45, 7) is 4.37. The molecular formula is C16H20N2O3S2. The number of rotatable bonds is 7. The molecule has 1 heterocycles. The van der Waals surface area contributed by atoms with Crippen LogP contribution < -0.4 is 5.32 Å². The molecule has 1 atom stereocenters. The van der Waals surface area contributed by atoms with Crippen LogP contribution in [0.3, 0.4) is 0 Å². The standard InChI is InChI=1S/C16H20N2O3S2/c1-12(16-18-13(2)11-22-16)10-17-15(19)8-9-23(20,21)14-6-4-3-5-7-14/h3-7,11-12H,8-10H2,1-2H3,(H,17,19)/t12-/m0/s1. The van der Waals surface area contributed by atoms with E-state index < -0.39 is 9.84 Å². The molecule has 1 aromatic heterocycles. The van der Waals surface area contributed by atoms with Crippen molar-refractivity contribution in [2.45, 2.75) is 31.1 Å². The van der Waals surface area contributed by atoms with Gasteiger partial charge in [-0.3, -0.25) is 4.79 Å². The summed E-state index contributed by atoms with van der Waals surface area (Å²) < 4.78 is 24.2. The zero-order chi connectivity index (χ0) is 16.9. The van der Waals surface area contributed by atoms with Crippen LogP contribution in [0.2, 0.25) is 0 Å². The van der Waals surface area contributed by atoms with Crippen molar-refractivity contribution < 1.29 is 13.2 Å². The van der Waals surface area contributed by atoms with E-state index in [1.54, 1.807) is 41.7 Å². The molecular weight excluding hydrogens is 332 g/mol. The zero-order valence-electron chi connectivity index (χ0n) is 13.2. The third-order valence-corrected chi connectivity index (χ3v) is 6.29. The van der Waals surface area contributed by atoms with E-state index in [1.807, 2.05) is 19.2 Å². The summed E-state index contributed by atoms with van der Waals surface area (Å²) in [5, 5.41) is 5.72. The highest BCUT2D eigenvalue weighted by atomic mass is 32.2. The summed E-state index contributed by atoms with van der Waals surface area (Å²) in [5.41, 5.74) is 0.970. The Morgan fingerprint density at radius 2 is 2.00 bits per heavy atom. The molecule has 5 nitrogen and oxygen atoms in total. The number of nitrogens with zero attached hydrogens (tertiary/aromatic N) is 1. The van der Waals surface area contributed by atoms with E-state index in [9.17, 15) is 13.2 Å². The van der Waals surface area contributed by atoms with Crippen LogP contribution in [0.1, 0.15) is 30.0 Å². The van der Waals surface area contributed by atoms with Gasteiger partial charge in [-0.15, -0.1) is 11.3 Å². The second kappa shape index (κ2) is 7.70. The molecule has 0 saturated carbocycles. The molecule has 0 bridgehead atoms. The fourth-order valence-electron chi connectivity index (χ4n) is 2.01. The lowest BCUT2D eigenvalue weighted by Crippen LogP contribution is -2.29. The predicted molar refractivity (Wildman–Crippen MR) is 91.4 cm³/mol. The molecule has 0 aliphatic carbocycles. The van der Waals surface area contributed by atoms with Crippen LogP contribution in [0.25, 0.3) is 0 Å². The van der Waals surface area contributed by atoms with Crippen molar-refractivity contribution in [1.82, 2.24) is 10.3 Å². The third-order valence-electron chi connectivity index (χ3n) is 3.36. The van der Waals surface area contributed by atoms with Gasteiger partial charge in [0.05, 0.1) is 15.7 Å². The molecule has 0 fully saturated rings. The van der Waals surface area contributed by atoms with Crippen molar-refractivity contribution in [3.05, 3.63) is 46.4 Å². The molecule has 23 heavy (non-hydrogen) atoms. The van der Waals surface area contributed by atoms with E-state index in [-0.39, 0.29) is 28.9 Å². The Kier molecular flexibility index (Phi) is 5.90. The second-order valence-electron chi connectivity index (χ2n) is 5.41. The SMILES string of the molecule is Cc1csc([C@@H](C)CNC(=O)CCS(=O)(=O)c2ccccc2)n1. The average molecular weight is 352 g/mol. The normalized spacial score (nSPS) is 12.8. The topological polar surface area (TPSA) is 76.1 Å². The van der Waals surface area contributed by atoms with Gasteiger partial charge in [-0.2, -0.15) is 0 Å². The Morgan fingerprint density at radius 3 is 2.61 bits per heavy atom. The van der Waals surface area contributed by atoms with Gasteiger partial charge >= 0.3 is 0 Å². The molecule has 124 valence electrons. The molecule has 7 heteroatoms. The van der Waals surface area contributed by atoms with Crippen LogP contribution in [-0.4, -0.2) is 31.6 Å². The van der Waals surface area contributed by atoms with Gasteiger partial charge in [0.25, 0.3) is 0 Å². The van der Waals surface area contributed by atoms with E-state index >= 15 is 0 Å². The molecule has 0 aliphatic heterocycles. The summed E-state index contributed by atoms with van der Waals surface area (Å²) >= 11 is 1.57. The lowest BCUT2D eigenvalue weighted by atomic mass is 10.2. The minimum atomic E-state index is -3.41. The lowest BCUT2D eigenvalue weighted by molar-refractivity contribution is -0.120. The number of hydrogen-bond acceptors (Lipinski definition) is 5. The molecule has 1 aromatic carbocycles. The number of aromatic nitrogens is 1. The number of benzene rings is 1. The minimum Gasteiger partial charge on any atom is -0.355 e. The number of hydrogen-bond donors (Lipinski definition) is 1. The number of carbonyl (C=O) groups excluding carboxylic acids is 1. The zero-order valence-corrected chi connectivity index (χ0v) is 14.8. The van der Waals surface area contributed by atoms with E-state index in [0.29, 0.717) is 6.54 Å². The quantitative estimate of drug-likeness (QED) is 0.831. The van der Waals surface area contributed by atoms with Crippen molar-refractivity contribution >= 4 is 27.1 Å². The Hall–Kier alpha value is -1.73. The number of carbonyl (C=O) groups is 1. The fourth-order valence-corrected chi connectivity index (χ4v) is 4.13. The van der Waals surface area contributed by atoms with Gasteiger partial charge in [-0.1, -0.05) is 25.1 Å². The molecule has 0 spiro atoms.